The Morgan fingerprint density at radius 3 is 2.48 bits per heavy atom. The number of fused-ring (bicyclic) bond motifs is 1. The molecule has 1 aromatic carbocycles. The number of aromatic nitrogens is 1. The number of Topliss-reactive ketones (excluding diaryl/α,β-unsaturated/α-hetero) is 1. The predicted molar refractivity (Wildman–Crippen MR) is 114 cm³/mol. The third-order valence-corrected chi connectivity index (χ3v) is 7.63. The largest absolute Gasteiger partial charge is 0.370 e. The number of nitrogens with zero attached hydrogens (tertiary/aromatic N) is 3. The van der Waals surface area contributed by atoms with Crippen molar-refractivity contribution in [3.8, 4) is 0 Å². The van der Waals surface area contributed by atoms with Gasteiger partial charge in [0.2, 0.25) is 5.78 Å². The maximum absolute atomic E-state index is 13.4. The number of pyridine rings is 1. The quantitative estimate of drug-likeness (QED) is 0.597. The molecule has 8 heteroatoms. The van der Waals surface area contributed by atoms with Crippen LogP contribution >= 0.6 is 11.3 Å². The average molecular weight is 426 g/mol. The van der Waals surface area contributed by atoms with E-state index in [1.165, 1.54) is 21.7 Å². The Kier molecular flexibility index (Phi) is 4.97. The second-order valence-electron chi connectivity index (χ2n) is 6.79. The first-order valence-corrected chi connectivity index (χ1v) is 11.2. The van der Waals surface area contributed by atoms with Crippen molar-refractivity contribution in [3.05, 3.63) is 82.6 Å². The molecule has 0 bridgehead atoms. The van der Waals surface area contributed by atoms with Crippen LogP contribution in [0.1, 0.15) is 20.8 Å². The molecule has 0 amide bonds. The third-order valence-electron chi connectivity index (χ3n) is 4.61. The van der Waals surface area contributed by atoms with Gasteiger partial charge in [0.1, 0.15) is 5.70 Å². The summed E-state index contributed by atoms with van der Waals surface area (Å²) in [6.45, 7) is 0.0582. The highest BCUT2D eigenvalue weighted by Gasteiger charge is 2.39. The molecule has 0 N–H and O–H groups in total. The standard InChI is InChI=1S/C21H19N3O3S2/c1-23(2)20-8-7-16(28-20)13-18-21(25)17-5-3-4-6-19(17)29(26,27)24(18)14-15-9-11-22-12-10-15/h3-13H,14H2,1-2H3/b18-13-. The van der Waals surface area contributed by atoms with Crippen LogP contribution in [-0.4, -0.2) is 37.6 Å². The Morgan fingerprint density at radius 2 is 1.79 bits per heavy atom. The molecular weight excluding hydrogens is 406 g/mol. The van der Waals surface area contributed by atoms with Crippen LogP contribution in [0.25, 0.3) is 6.08 Å². The summed E-state index contributed by atoms with van der Waals surface area (Å²) < 4.78 is 28.0. The van der Waals surface area contributed by atoms with Crippen molar-refractivity contribution in [2.75, 3.05) is 19.0 Å². The van der Waals surface area contributed by atoms with E-state index >= 15 is 0 Å². The highest BCUT2D eigenvalue weighted by molar-refractivity contribution is 7.89. The van der Waals surface area contributed by atoms with Crippen LogP contribution in [0.5, 0.6) is 0 Å². The van der Waals surface area contributed by atoms with E-state index in [9.17, 15) is 13.2 Å². The summed E-state index contributed by atoms with van der Waals surface area (Å²) in [5.74, 6) is -0.302. The molecule has 3 aromatic rings. The molecule has 148 valence electrons. The number of allylic oxidation sites excluding steroid dienone is 1. The van der Waals surface area contributed by atoms with Crippen LogP contribution in [0.2, 0.25) is 0 Å². The Bertz CT molecular complexity index is 1200. The van der Waals surface area contributed by atoms with E-state index in [0.717, 1.165) is 15.4 Å². The second kappa shape index (κ2) is 7.46. The monoisotopic (exact) mass is 425 g/mol. The maximum atomic E-state index is 13.4. The fraction of sp³-hybridized carbons (Fsp3) is 0.143. The summed E-state index contributed by atoms with van der Waals surface area (Å²) in [6, 6.07) is 13.7. The number of benzene rings is 1. The molecule has 4 rings (SSSR count). The molecule has 2 aromatic heterocycles. The van der Waals surface area contributed by atoms with Gasteiger partial charge in [-0.25, -0.2) is 8.42 Å². The van der Waals surface area contributed by atoms with Crippen LogP contribution in [0, 0.1) is 0 Å². The van der Waals surface area contributed by atoms with Crippen molar-refractivity contribution in [2.45, 2.75) is 11.4 Å². The zero-order valence-corrected chi connectivity index (χ0v) is 17.6. The smallest absolute Gasteiger partial charge is 0.265 e. The summed E-state index contributed by atoms with van der Waals surface area (Å²) >= 11 is 1.49. The zero-order chi connectivity index (χ0) is 20.6. The molecule has 0 aliphatic carbocycles. The van der Waals surface area contributed by atoms with Crippen LogP contribution in [-0.2, 0) is 16.6 Å². The lowest BCUT2D eigenvalue weighted by Gasteiger charge is -2.31. The van der Waals surface area contributed by atoms with Crippen LogP contribution in [0.4, 0.5) is 5.00 Å². The first-order chi connectivity index (χ1) is 13.9. The van der Waals surface area contributed by atoms with Gasteiger partial charge in [-0.15, -0.1) is 11.3 Å². The number of carbonyl (C=O) groups is 1. The number of ketones is 1. The van der Waals surface area contributed by atoms with Crippen molar-refractivity contribution < 1.29 is 13.2 Å². The fourth-order valence-electron chi connectivity index (χ4n) is 3.14. The first-order valence-electron chi connectivity index (χ1n) is 8.92. The Morgan fingerprint density at radius 1 is 1.07 bits per heavy atom. The number of anilines is 1. The number of rotatable bonds is 4. The first kappa shape index (κ1) is 19.4. The second-order valence-corrected chi connectivity index (χ2v) is 9.72. The van der Waals surface area contributed by atoms with Gasteiger partial charge in [-0.2, -0.15) is 0 Å². The number of hydrogen-bond donors (Lipinski definition) is 0. The van der Waals surface area contributed by atoms with Gasteiger partial charge in [0.05, 0.1) is 16.4 Å². The molecule has 0 spiro atoms. The summed E-state index contributed by atoms with van der Waals surface area (Å²) in [5.41, 5.74) is 1.10. The number of hydrogen-bond acceptors (Lipinski definition) is 6. The SMILES string of the molecule is CN(C)c1ccc(/C=C2/C(=O)c3ccccc3S(=O)(=O)N2Cc2ccncc2)s1. The molecule has 3 heterocycles. The van der Waals surface area contributed by atoms with Gasteiger partial charge in [0.25, 0.3) is 10.0 Å². The molecule has 0 fully saturated rings. The minimum atomic E-state index is -3.87. The van der Waals surface area contributed by atoms with E-state index in [1.807, 2.05) is 31.1 Å². The average Bonchev–Trinajstić information content (AvgIpc) is 3.19. The van der Waals surface area contributed by atoms with Gasteiger partial charge in [0, 0.05) is 36.9 Å². The Balaban J connectivity index is 1.87. The summed E-state index contributed by atoms with van der Waals surface area (Å²) in [7, 11) is -0.00378. The van der Waals surface area contributed by atoms with E-state index in [0.29, 0.717) is 0 Å². The predicted octanol–water partition coefficient (Wildman–Crippen LogP) is 3.64. The summed E-state index contributed by atoms with van der Waals surface area (Å²) in [6.07, 6.45) is 4.87. The topological polar surface area (TPSA) is 70.6 Å². The van der Waals surface area contributed by atoms with E-state index < -0.39 is 10.0 Å². The van der Waals surface area contributed by atoms with E-state index in [2.05, 4.69) is 4.98 Å². The molecule has 1 aliphatic rings. The van der Waals surface area contributed by atoms with Gasteiger partial charge in [0.15, 0.2) is 0 Å². The zero-order valence-electron chi connectivity index (χ0n) is 15.9. The molecule has 29 heavy (non-hydrogen) atoms. The molecule has 0 atom stereocenters. The minimum absolute atomic E-state index is 0.0383. The third kappa shape index (κ3) is 3.56. The van der Waals surface area contributed by atoms with Crippen molar-refractivity contribution in [1.82, 2.24) is 9.29 Å². The van der Waals surface area contributed by atoms with Crippen molar-refractivity contribution in [3.63, 3.8) is 0 Å². The highest BCUT2D eigenvalue weighted by atomic mass is 32.2. The Hall–Kier alpha value is -2.97. The maximum Gasteiger partial charge on any atom is 0.265 e. The van der Waals surface area contributed by atoms with Crippen LogP contribution < -0.4 is 4.90 Å². The van der Waals surface area contributed by atoms with E-state index in [1.54, 1.807) is 48.8 Å². The minimum Gasteiger partial charge on any atom is -0.370 e. The fourth-order valence-corrected chi connectivity index (χ4v) is 5.64. The number of carbonyl (C=O) groups excluding carboxylic acids is 1. The van der Waals surface area contributed by atoms with Crippen LogP contribution in [0.3, 0.4) is 0 Å². The molecule has 1 aliphatic heterocycles. The Labute approximate surface area is 173 Å². The molecule has 6 nitrogen and oxygen atoms in total. The number of thiophene rings is 1. The normalized spacial score (nSPS) is 16.7. The molecule has 0 unspecified atom stereocenters. The van der Waals surface area contributed by atoms with Gasteiger partial charge in [-0.1, -0.05) is 12.1 Å². The van der Waals surface area contributed by atoms with Gasteiger partial charge in [-0.3, -0.25) is 14.1 Å². The van der Waals surface area contributed by atoms with Gasteiger partial charge >= 0.3 is 0 Å². The van der Waals surface area contributed by atoms with Crippen LogP contribution in [0.15, 0.2) is 71.5 Å². The molecule has 0 saturated carbocycles. The summed E-state index contributed by atoms with van der Waals surface area (Å²) in [5, 5.41) is 1.02. The highest BCUT2D eigenvalue weighted by Crippen LogP contribution is 2.35. The lowest BCUT2D eigenvalue weighted by molar-refractivity contribution is 0.100. The molecule has 0 saturated heterocycles. The molecular formula is C21H19N3O3S2. The lowest BCUT2D eigenvalue weighted by atomic mass is 10.1. The summed E-state index contributed by atoms with van der Waals surface area (Å²) in [4.78, 5) is 20.1. The van der Waals surface area contributed by atoms with Gasteiger partial charge < -0.3 is 4.90 Å². The van der Waals surface area contributed by atoms with Crippen molar-refractivity contribution >= 4 is 38.2 Å². The van der Waals surface area contributed by atoms with Crippen molar-refractivity contribution in [2.24, 2.45) is 0 Å². The number of sulfonamides is 1. The van der Waals surface area contributed by atoms with E-state index in [-0.39, 0.29) is 28.5 Å². The van der Waals surface area contributed by atoms with Gasteiger partial charge in [-0.05, 0) is 48.0 Å². The lowest BCUT2D eigenvalue weighted by Crippen LogP contribution is -2.38. The van der Waals surface area contributed by atoms with Crippen molar-refractivity contribution in [1.29, 1.82) is 0 Å². The van der Waals surface area contributed by atoms with E-state index in [4.69, 9.17) is 0 Å². The molecule has 0 radical (unpaired) electrons.